The monoisotopic (exact) mass is 282 g/mol. The molecule has 0 aliphatic carbocycles. The SMILES string of the molecule is CC(C)C1CCSC(=NCc2ccc(Cl)cc2)N1. The molecular formula is C14H19ClN2S. The molecule has 1 saturated heterocycles. The number of hydrogen-bond donors (Lipinski definition) is 1. The number of aliphatic imine (C=N–C) groups is 1. The van der Waals surface area contributed by atoms with Crippen LogP contribution in [0.25, 0.3) is 0 Å². The van der Waals surface area contributed by atoms with Gasteiger partial charge < -0.3 is 5.32 Å². The van der Waals surface area contributed by atoms with E-state index in [2.05, 4.69) is 24.2 Å². The van der Waals surface area contributed by atoms with Crippen LogP contribution in [0.4, 0.5) is 0 Å². The van der Waals surface area contributed by atoms with Gasteiger partial charge in [-0.3, -0.25) is 4.99 Å². The second-order valence-electron chi connectivity index (χ2n) is 4.88. The Balaban J connectivity index is 1.94. The Morgan fingerprint density at radius 2 is 2.11 bits per heavy atom. The summed E-state index contributed by atoms with van der Waals surface area (Å²) >= 11 is 7.68. The van der Waals surface area contributed by atoms with E-state index in [1.165, 1.54) is 12.0 Å². The molecule has 1 N–H and O–H groups in total. The first-order chi connectivity index (χ1) is 8.65. The van der Waals surface area contributed by atoms with Crippen LogP contribution in [0.15, 0.2) is 29.3 Å². The molecule has 4 heteroatoms. The number of amidine groups is 1. The molecule has 1 heterocycles. The van der Waals surface area contributed by atoms with E-state index >= 15 is 0 Å². The van der Waals surface area contributed by atoms with E-state index < -0.39 is 0 Å². The van der Waals surface area contributed by atoms with Gasteiger partial charge in [-0.2, -0.15) is 0 Å². The normalized spacial score (nSPS) is 22.2. The highest BCUT2D eigenvalue weighted by Gasteiger charge is 2.19. The fourth-order valence-electron chi connectivity index (χ4n) is 1.90. The van der Waals surface area contributed by atoms with E-state index in [0.717, 1.165) is 22.5 Å². The van der Waals surface area contributed by atoms with Crippen LogP contribution in [-0.4, -0.2) is 17.0 Å². The summed E-state index contributed by atoms with van der Waals surface area (Å²) in [7, 11) is 0. The number of halogens is 1. The first-order valence-electron chi connectivity index (χ1n) is 6.33. The summed E-state index contributed by atoms with van der Waals surface area (Å²) in [5.41, 5.74) is 1.20. The van der Waals surface area contributed by atoms with Crippen LogP contribution in [0.3, 0.4) is 0 Å². The van der Waals surface area contributed by atoms with E-state index in [4.69, 9.17) is 11.6 Å². The first kappa shape index (κ1) is 13.8. The van der Waals surface area contributed by atoms with Crippen molar-refractivity contribution in [2.75, 3.05) is 5.75 Å². The van der Waals surface area contributed by atoms with Crippen LogP contribution in [-0.2, 0) is 6.54 Å². The van der Waals surface area contributed by atoms with Crippen LogP contribution >= 0.6 is 23.4 Å². The van der Waals surface area contributed by atoms with Crippen molar-refractivity contribution in [3.05, 3.63) is 34.9 Å². The molecular weight excluding hydrogens is 264 g/mol. The molecule has 1 atom stereocenters. The second-order valence-corrected chi connectivity index (χ2v) is 6.40. The zero-order chi connectivity index (χ0) is 13.0. The molecule has 1 unspecified atom stereocenters. The third-order valence-electron chi connectivity index (χ3n) is 3.10. The predicted molar refractivity (Wildman–Crippen MR) is 81.4 cm³/mol. The zero-order valence-electron chi connectivity index (χ0n) is 10.8. The maximum atomic E-state index is 5.86. The standard InChI is InChI=1S/C14H19ClN2S/c1-10(2)13-7-8-18-14(17-13)16-9-11-3-5-12(15)6-4-11/h3-6,10,13H,7-9H2,1-2H3,(H,16,17). The first-order valence-corrected chi connectivity index (χ1v) is 7.70. The minimum atomic E-state index is 0.565. The van der Waals surface area contributed by atoms with Crippen molar-refractivity contribution in [2.24, 2.45) is 10.9 Å². The summed E-state index contributed by atoms with van der Waals surface area (Å²) in [6.07, 6.45) is 1.22. The Morgan fingerprint density at radius 1 is 1.39 bits per heavy atom. The largest absolute Gasteiger partial charge is 0.362 e. The summed E-state index contributed by atoms with van der Waals surface area (Å²) in [5.74, 6) is 1.82. The third-order valence-corrected chi connectivity index (χ3v) is 4.31. The topological polar surface area (TPSA) is 24.4 Å². The van der Waals surface area contributed by atoms with Gasteiger partial charge in [-0.05, 0) is 30.0 Å². The number of nitrogens with one attached hydrogen (secondary N) is 1. The average molecular weight is 283 g/mol. The minimum absolute atomic E-state index is 0.565. The van der Waals surface area contributed by atoms with Crippen molar-refractivity contribution in [1.29, 1.82) is 0 Å². The Kier molecular flexibility index (Phi) is 4.95. The maximum absolute atomic E-state index is 5.86. The second kappa shape index (κ2) is 6.48. The Bertz CT molecular complexity index is 414. The van der Waals surface area contributed by atoms with Crippen LogP contribution in [0, 0.1) is 5.92 Å². The Morgan fingerprint density at radius 3 is 2.78 bits per heavy atom. The van der Waals surface area contributed by atoms with Gasteiger partial charge in [0.2, 0.25) is 0 Å². The molecule has 1 aliphatic heterocycles. The van der Waals surface area contributed by atoms with E-state index in [0.29, 0.717) is 12.0 Å². The molecule has 2 rings (SSSR count). The smallest absolute Gasteiger partial charge is 0.157 e. The summed E-state index contributed by atoms with van der Waals surface area (Å²) in [4.78, 5) is 4.64. The highest BCUT2D eigenvalue weighted by molar-refractivity contribution is 8.13. The van der Waals surface area contributed by atoms with Crippen molar-refractivity contribution < 1.29 is 0 Å². The molecule has 0 radical (unpaired) electrons. The Hall–Kier alpha value is -0.670. The summed E-state index contributed by atoms with van der Waals surface area (Å²) in [6, 6.07) is 8.44. The van der Waals surface area contributed by atoms with Crippen LogP contribution < -0.4 is 5.32 Å². The molecule has 0 amide bonds. The van der Waals surface area contributed by atoms with Crippen molar-refractivity contribution in [2.45, 2.75) is 32.9 Å². The lowest BCUT2D eigenvalue weighted by atomic mass is 10.0. The molecule has 1 aromatic carbocycles. The molecule has 0 bridgehead atoms. The third kappa shape index (κ3) is 3.92. The fraction of sp³-hybridized carbons (Fsp3) is 0.500. The van der Waals surface area contributed by atoms with Gasteiger partial charge in [-0.25, -0.2) is 0 Å². The summed E-state index contributed by atoms with van der Waals surface area (Å²) in [6.45, 7) is 5.23. The fourth-order valence-corrected chi connectivity index (χ4v) is 2.98. The molecule has 0 saturated carbocycles. The molecule has 2 nitrogen and oxygen atoms in total. The van der Waals surface area contributed by atoms with Gasteiger partial charge in [-0.1, -0.05) is 49.3 Å². The van der Waals surface area contributed by atoms with E-state index in [9.17, 15) is 0 Å². The van der Waals surface area contributed by atoms with Gasteiger partial charge in [0.25, 0.3) is 0 Å². The number of rotatable bonds is 3. The average Bonchev–Trinajstić information content (AvgIpc) is 2.38. The van der Waals surface area contributed by atoms with E-state index in [1.807, 2.05) is 36.0 Å². The predicted octanol–water partition coefficient (Wildman–Crippen LogP) is 3.95. The number of nitrogens with zero attached hydrogens (tertiary/aromatic N) is 1. The van der Waals surface area contributed by atoms with Gasteiger partial charge in [0.1, 0.15) is 0 Å². The molecule has 0 spiro atoms. The number of benzene rings is 1. The van der Waals surface area contributed by atoms with Crippen molar-refractivity contribution in [3.63, 3.8) is 0 Å². The van der Waals surface area contributed by atoms with Gasteiger partial charge in [0.05, 0.1) is 6.54 Å². The molecule has 1 fully saturated rings. The minimum Gasteiger partial charge on any atom is -0.362 e. The molecule has 0 aromatic heterocycles. The van der Waals surface area contributed by atoms with Gasteiger partial charge in [-0.15, -0.1) is 0 Å². The lowest BCUT2D eigenvalue weighted by molar-refractivity contribution is 0.442. The van der Waals surface area contributed by atoms with Gasteiger partial charge in [0, 0.05) is 16.8 Å². The zero-order valence-corrected chi connectivity index (χ0v) is 12.4. The van der Waals surface area contributed by atoms with Crippen molar-refractivity contribution >= 4 is 28.5 Å². The van der Waals surface area contributed by atoms with Gasteiger partial charge >= 0.3 is 0 Å². The lowest BCUT2D eigenvalue weighted by Crippen LogP contribution is -2.41. The quantitative estimate of drug-likeness (QED) is 0.908. The molecule has 1 aromatic rings. The van der Waals surface area contributed by atoms with Gasteiger partial charge in [0.15, 0.2) is 5.17 Å². The van der Waals surface area contributed by atoms with E-state index in [-0.39, 0.29) is 0 Å². The highest BCUT2D eigenvalue weighted by Crippen LogP contribution is 2.19. The van der Waals surface area contributed by atoms with E-state index in [1.54, 1.807) is 0 Å². The summed E-state index contributed by atoms with van der Waals surface area (Å²) < 4.78 is 0. The van der Waals surface area contributed by atoms with Crippen LogP contribution in [0.5, 0.6) is 0 Å². The van der Waals surface area contributed by atoms with Crippen LogP contribution in [0.2, 0.25) is 5.02 Å². The molecule has 18 heavy (non-hydrogen) atoms. The number of hydrogen-bond acceptors (Lipinski definition) is 2. The summed E-state index contributed by atoms with van der Waals surface area (Å²) in [5, 5.41) is 5.37. The molecule has 98 valence electrons. The number of thioether (sulfide) groups is 1. The van der Waals surface area contributed by atoms with Crippen molar-refractivity contribution in [1.82, 2.24) is 5.32 Å². The molecule has 1 aliphatic rings. The lowest BCUT2D eigenvalue weighted by Gasteiger charge is -2.28. The van der Waals surface area contributed by atoms with Crippen molar-refractivity contribution in [3.8, 4) is 0 Å². The highest BCUT2D eigenvalue weighted by atomic mass is 35.5. The Labute approximate surface area is 118 Å². The maximum Gasteiger partial charge on any atom is 0.157 e. The van der Waals surface area contributed by atoms with Crippen LogP contribution in [0.1, 0.15) is 25.8 Å².